The average molecular weight is 281 g/mol. The molecule has 0 atom stereocenters. The fourth-order valence-electron chi connectivity index (χ4n) is 2.71. The van der Waals surface area contributed by atoms with Crippen LogP contribution in [0, 0.1) is 0 Å². The van der Waals surface area contributed by atoms with Gasteiger partial charge >= 0.3 is 0 Å². The lowest BCUT2D eigenvalue weighted by Gasteiger charge is -2.30. The smallest absolute Gasteiger partial charge is 0.0951 e. The normalized spacial score (nSPS) is 24.6. The monoisotopic (exact) mass is 281 g/mol. The van der Waals surface area contributed by atoms with Crippen molar-refractivity contribution in [2.45, 2.75) is 69.8 Å². The first-order valence-corrected chi connectivity index (χ1v) is 8.57. The Labute approximate surface area is 121 Å². The highest BCUT2D eigenvalue weighted by atomic mass is 32.2. The van der Waals surface area contributed by atoms with E-state index < -0.39 is 0 Å². The van der Waals surface area contributed by atoms with Crippen molar-refractivity contribution in [1.82, 2.24) is 14.9 Å². The molecular formula is C15H27N3S. The molecule has 1 saturated carbocycles. The maximum atomic E-state index is 4.35. The molecule has 0 aliphatic heterocycles. The predicted octanol–water partition coefficient (Wildman–Crippen LogP) is 3.62. The van der Waals surface area contributed by atoms with Crippen LogP contribution in [0.1, 0.15) is 58.2 Å². The summed E-state index contributed by atoms with van der Waals surface area (Å²) in [7, 11) is 0. The molecule has 1 aliphatic carbocycles. The zero-order valence-electron chi connectivity index (χ0n) is 12.6. The number of nitrogens with zero attached hydrogens (tertiary/aromatic N) is 2. The van der Waals surface area contributed by atoms with Gasteiger partial charge in [-0.1, -0.05) is 0 Å². The number of imidazole rings is 1. The van der Waals surface area contributed by atoms with Crippen LogP contribution in [-0.4, -0.2) is 26.6 Å². The van der Waals surface area contributed by atoms with E-state index in [1.54, 1.807) is 0 Å². The first-order chi connectivity index (χ1) is 8.99. The minimum Gasteiger partial charge on any atom is -0.330 e. The number of rotatable bonds is 4. The summed E-state index contributed by atoms with van der Waals surface area (Å²) in [5, 5.41) is 4.43. The van der Waals surface area contributed by atoms with Gasteiger partial charge < -0.3 is 9.88 Å². The van der Waals surface area contributed by atoms with Gasteiger partial charge in [0.05, 0.1) is 12.0 Å². The van der Waals surface area contributed by atoms with Gasteiger partial charge in [-0.15, -0.1) is 0 Å². The molecule has 19 heavy (non-hydrogen) atoms. The molecule has 4 heteroatoms. The van der Waals surface area contributed by atoms with Crippen molar-refractivity contribution in [3.63, 3.8) is 0 Å². The molecule has 0 unspecified atom stereocenters. The molecule has 1 fully saturated rings. The fourth-order valence-corrected chi connectivity index (χ4v) is 3.46. The first-order valence-electron chi connectivity index (χ1n) is 7.28. The lowest BCUT2D eigenvalue weighted by Crippen LogP contribution is -2.36. The van der Waals surface area contributed by atoms with E-state index in [-0.39, 0.29) is 5.54 Å². The number of nitrogens with one attached hydrogen (secondary N) is 1. The van der Waals surface area contributed by atoms with Gasteiger partial charge in [0.1, 0.15) is 0 Å². The number of thioether (sulfide) groups is 1. The highest BCUT2D eigenvalue weighted by molar-refractivity contribution is 7.99. The van der Waals surface area contributed by atoms with Crippen LogP contribution in [0.5, 0.6) is 0 Å². The molecule has 2 rings (SSSR count). The molecule has 0 spiro atoms. The Morgan fingerprint density at radius 1 is 1.32 bits per heavy atom. The second-order valence-corrected chi connectivity index (χ2v) is 7.70. The van der Waals surface area contributed by atoms with E-state index in [9.17, 15) is 0 Å². The molecule has 108 valence electrons. The summed E-state index contributed by atoms with van der Waals surface area (Å²) < 4.78 is 2.40. The Bertz CT molecular complexity index is 386. The van der Waals surface area contributed by atoms with Crippen LogP contribution in [0.25, 0.3) is 0 Å². The van der Waals surface area contributed by atoms with E-state index in [2.05, 4.69) is 41.9 Å². The zero-order chi connectivity index (χ0) is 13.9. The number of hydrogen-bond donors (Lipinski definition) is 1. The van der Waals surface area contributed by atoms with E-state index in [1.807, 2.05) is 24.3 Å². The number of hydrogen-bond acceptors (Lipinski definition) is 3. The van der Waals surface area contributed by atoms with Gasteiger partial charge in [0.15, 0.2) is 0 Å². The third-order valence-electron chi connectivity index (χ3n) is 3.92. The van der Waals surface area contributed by atoms with Gasteiger partial charge in [0.2, 0.25) is 0 Å². The predicted molar refractivity (Wildman–Crippen MR) is 83.6 cm³/mol. The Morgan fingerprint density at radius 3 is 2.58 bits per heavy atom. The third kappa shape index (κ3) is 4.25. The highest BCUT2D eigenvalue weighted by Gasteiger charge is 2.23. The third-order valence-corrected chi connectivity index (χ3v) is 5.05. The van der Waals surface area contributed by atoms with Crippen molar-refractivity contribution >= 4 is 11.8 Å². The number of aromatic nitrogens is 2. The van der Waals surface area contributed by atoms with Crippen molar-refractivity contribution in [2.24, 2.45) is 0 Å². The minimum atomic E-state index is 0.158. The van der Waals surface area contributed by atoms with E-state index in [4.69, 9.17) is 0 Å². The van der Waals surface area contributed by atoms with E-state index in [0.717, 1.165) is 11.8 Å². The molecule has 0 bridgehead atoms. The van der Waals surface area contributed by atoms with Gasteiger partial charge in [-0.25, -0.2) is 4.98 Å². The second-order valence-electron chi connectivity index (χ2n) is 6.56. The molecule has 1 heterocycles. The lowest BCUT2D eigenvalue weighted by atomic mass is 9.94. The first kappa shape index (κ1) is 14.9. The molecule has 0 saturated heterocycles. The fraction of sp³-hybridized carbons (Fsp3) is 0.800. The van der Waals surface area contributed by atoms with E-state index >= 15 is 0 Å². The minimum absolute atomic E-state index is 0.158. The summed E-state index contributed by atoms with van der Waals surface area (Å²) in [6, 6.07) is 0.655. The summed E-state index contributed by atoms with van der Waals surface area (Å²) in [5.74, 6) is 0. The van der Waals surface area contributed by atoms with Crippen LogP contribution >= 0.6 is 11.8 Å². The van der Waals surface area contributed by atoms with Crippen LogP contribution < -0.4 is 5.32 Å². The van der Waals surface area contributed by atoms with Crippen molar-refractivity contribution in [3.05, 3.63) is 18.2 Å². The van der Waals surface area contributed by atoms with Crippen LogP contribution in [0.15, 0.2) is 12.5 Å². The van der Waals surface area contributed by atoms with Gasteiger partial charge in [-0.3, -0.25) is 0 Å². The molecule has 0 aromatic carbocycles. The quantitative estimate of drug-likeness (QED) is 0.914. The van der Waals surface area contributed by atoms with Gasteiger partial charge in [-0.05, 0) is 52.7 Å². The van der Waals surface area contributed by atoms with Gasteiger partial charge in [0, 0.05) is 29.6 Å². The van der Waals surface area contributed by atoms with Crippen molar-refractivity contribution in [2.75, 3.05) is 6.26 Å². The molecule has 1 aromatic rings. The second kappa shape index (κ2) is 6.31. The molecule has 3 nitrogen and oxygen atoms in total. The topological polar surface area (TPSA) is 29.9 Å². The molecule has 0 radical (unpaired) electrons. The van der Waals surface area contributed by atoms with E-state index in [0.29, 0.717) is 6.04 Å². The molecule has 0 amide bonds. The Hall–Kier alpha value is -0.480. The van der Waals surface area contributed by atoms with Crippen molar-refractivity contribution in [3.8, 4) is 0 Å². The Kier molecular flexibility index (Phi) is 4.96. The maximum Gasteiger partial charge on any atom is 0.0951 e. The van der Waals surface area contributed by atoms with Crippen LogP contribution in [0.4, 0.5) is 0 Å². The highest BCUT2D eigenvalue weighted by Crippen LogP contribution is 2.34. The van der Waals surface area contributed by atoms with E-state index in [1.165, 1.54) is 31.4 Å². The van der Waals surface area contributed by atoms with Crippen LogP contribution in [0.3, 0.4) is 0 Å². The van der Waals surface area contributed by atoms with Gasteiger partial charge in [0.25, 0.3) is 0 Å². The lowest BCUT2D eigenvalue weighted by molar-refractivity contribution is 0.343. The largest absolute Gasteiger partial charge is 0.330 e. The zero-order valence-corrected chi connectivity index (χ0v) is 13.5. The van der Waals surface area contributed by atoms with Crippen LogP contribution in [-0.2, 0) is 6.54 Å². The molecule has 1 aliphatic rings. The Balaban J connectivity index is 1.96. The summed E-state index contributed by atoms with van der Waals surface area (Å²) >= 11 is 2.03. The van der Waals surface area contributed by atoms with Crippen LogP contribution in [0.2, 0.25) is 0 Å². The van der Waals surface area contributed by atoms with Crippen molar-refractivity contribution < 1.29 is 0 Å². The maximum absolute atomic E-state index is 4.35. The summed E-state index contributed by atoms with van der Waals surface area (Å²) in [6.07, 6.45) is 11.5. The Morgan fingerprint density at radius 2 is 2.00 bits per heavy atom. The SMILES string of the molecule is CSC1CCC(n2cncc2CNC(C)(C)C)CC1. The molecular weight excluding hydrogens is 254 g/mol. The van der Waals surface area contributed by atoms with Gasteiger partial charge in [-0.2, -0.15) is 11.8 Å². The molecule has 1 N–H and O–H groups in total. The molecule has 1 aromatic heterocycles. The standard InChI is InChI=1S/C15H27N3S/c1-15(2,3)17-10-13-9-16-11-18(13)12-5-7-14(19-4)8-6-12/h9,11-12,14,17H,5-8,10H2,1-4H3. The summed E-state index contributed by atoms with van der Waals surface area (Å²) in [5.41, 5.74) is 1.48. The van der Waals surface area contributed by atoms with Crippen molar-refractivity contribution in [1.29, 1.82) is 0 Å². The summed E-state index contributed by atoms with van der Waals surface area (Å²) in [4.78, 5) is 4.35. The summed E-state index contributed by atoms with van der Waals surface area (Å²) in [6.45, 7) is 7.53. The average Bonchev–Trinajstić information content (AvgIpc) is 2.84.